The van der Waals surface area contributed by atoms with E-state index in [1.54, 1.807) is 24.3 Å². The first-order valence-corrected chi connectivity index (χ1v) is 10.2. The van der Waals surface area contributed by atoms with Crippen molar-refractivity contribution < 1.29 is 17.3 Å². The Bertz CT molecular complexity index is 1080. The van der Waals surface area contributed by atoms with E-state index in [2.05, 4.69) is 10.2 Å². The highest BCUT2D eigenvalue weighted by atomic mass is 32.2. The molecule has 0 unspecified atom stereocenters. The lowest BCUT2D eigenvalue weighted by molar-refractivity contribution is 0.413. The molecule has 0 spiro atoms. The first-order chi connectivity index (χ1) is 13.9. The van der Waals surface area contributed by atoms with Crippen molar-refractivity contribution in [3.63, 3.8) is 0 Å². The molecule has 0 aliphatic rings. The minimum Gasteiger partial charge on any atom is -0.497 e. The zero-order chi connectivity index (χ0) is 20.9. The molecule has 0 saturated carbocycles. The minimum absolute atomic E-state index is 0.0302. The van der Waals surface area contributed by atoms with Gasteiger partial charge in [-0.2, -0.15) is 18.6 Å². The summed E-state index contributed by atoms with van der Waals surface area (Å²) in [6, 6.07) is 19.9. The second-order valence-corrected chi connectivity index (χ2v) is 7.86. The molecule has 0 saturated heterocycles. The summed E-state index contributed by atoms with van der Waals surface area (Å²) in [5, 5.41) is 8.31. The van der Waals surface area contributed by atoms with Gasteiger partial charge in [-0.25, -0.2) is 0 Å². The van der Waals surface area contributed by atoms with Crippen molar-refractivity contribution in [2.45, 2.75) is 4.90 Å². The summed E-state index contributed by atoms with van der Waals surface area (Å²) in [5.41, 5.74) is 2.30. The van der Waals surface area contributed by atoms with Gasteiger partial charge in [0, 0.05) is 19.8 Å². The molecule has 8 heteroatoms. The number of hydrogen-bond donors (Lipinski definition) is 0. The van der Waals surface area contributed by atoms with Crippen molar-refractivity contribution in [2.24, 2.45) is 10.2 Å². The lowest BCUT2D eigenvalue weighted by atomic mass is 10.3. The van der Waals surface area contributed by atoms with Crippen LogP contribution in [0, 0.1) is 0 Å². The summed E-state index contributed by atoms with van der Waals surface area (Å²) in [5.74, 6) is 0.816. The molecular weight excluding hydrogens is 390 g/mol. The van der Waals surface area contributed by atoms with E-state index in [-0.39, 0.29) is 10.6 Å². The van der Waals surface area contributed by atoms with Crippen LogP contribution >= 0.6 is 0 Å². The molecule has 0 bridgehead atoms. The van der Waals surface area contributed by atoms with Crippen molar-refractivity contribution in [1.29, 1.82) is 0 Å². The largest absolute Gasteiger partial charge is 0.497 e. The quantitative estimate of drug-likeness (QED) is 0.406. The molecule has 0 heterocycles. The van der Waals surface area contributed by atoms with Crippen molar-refractivity contribution in [1.82, 2.24) is 0 Å². The van der Waals surface area contributed by atoms with Gasteiger partial charge in [-0.3, -0.25) is 0 Å². The van der Waals surface area contributed by atoms with Crippen LogP contribution < -0.4 is 13.8 Å². The third-order valence-electron chi connectivity index (χ3n) is 4.04. The molecule has 3 aromatic carbocycles. The SMILES string of the molecule is COc1ccc(OS(=O)(=O)c2ccc(N=Nc3ccc(N(C)C)cc3)cc2)cc1. The highest BCUT2D eigenvalue weighted by Gasteiger charge is 2.16. The normalized spacial score (nSPS) is 11.4. The van der Waals surface area contributed by atoms with Crippen molar-refractivity contribution in [2.75, 3.05) is 26.1 Å². The van der Waals surface area contributed by atoms with E-state index in [9.17, 15) is 8.42 Å². The fourth-order valence-electron chi connectivity index (χ4n) is 2.42. The Labute approximate surface area is 170 Å². The van der Waals surface area contributed by atoms with Crippen LogP contribution in [0.25, 0.3) is 0 Å². The van der Waals surface area contributed by atoms with Gasteiger partial charge in [0.25, 0.3) is 0 Å². The average molecular weight is 411 g/mol. The number of azo groups is 1. The van der Waals surface area contributed by atoms with Crippen LogP contribution in [0.15, 0.2) is 87.9 Å². The van der Waals surface area contributed by atoms with Gasteiger partial charge in [-0.15, -0.1) is 0 Å². The van der Waals surface area contributed by atoms with Crippen molar-refractivity contribution in [3.05, 3.63) is 72.8 Å². The van der Waals surface area contributed by atoms with E-state index in [0.29, 0.717) is 17.1 Å². The molecule has 0 fully saturated rings. The lowest BCUT2D eigenvalue weighted by Crippen LogP contribution is -2.09. The van der Waals surface area contributed by atoms with Gasteiger partial charge >= 0.3 is 10.1 Å². The minimum atomic E-state index is -3.95. The van der Waals surface area contributed by atoms with E-state index < -0.39 is 10.1 Å². The summed E-state index contributed by atoms with van der Waals surface area (Å²) in [6.45, 7) is 0. The summed E-state index contributed by atoms with van der Waals surface area (Å²) < 4.78 is 35.0. The van der Waals surface area contributed by atoms with E-state index in [4.69, 9.17) is 8.92 Å². The molecule has 7 nitrogen and oxygen atoms in total. The maximum absolute atomic E-state index is 12.4. The number of hydrogen-bond acceptors (Lipinski definition) is 7. The third kappa shape index (κ3) is 5.32. The van der Waals surface area contributed by atoms with Crippen LogP contribution in [0.2, 0.25) is 0 Å². The Morgan fingerprint density at radius 2 is 1.21 bits per heavy atom. The predicted octanol–water partition coefficient (Wildman–Crippen LogP) is 4.94. The van der Waals surface area contributed by atoms with Crippen LogP contribution in [-0.2, 0) is 10.1 Å². The predicted molar refractivity (Wildman–Crippen MR) is 112 cm³/mol. The number of ether oxygens (including phenoxy) is 1. The first kappa shape index (κ1) is 20.3. The Morgan fingerprint density at radius 3 is 1.69 bits per heavy atom. The maximum atomic E-state index is 12.4. The zero-order valence-electron chi connectivity index (χ0n) is 16.3. The molecule has 150 valence electrons. The number of anilines is 1. The third-order valence-corrected chi connectivity index (χ3v) is 5.30. The molecule has 0 N–H and O–H groups in total. The second kappa shape index (κ2) is 8.74. The topological polar surface area (TPSA) is 80.6 Å². The van der Waals surface area contributed by atoms with E-state index in [1.165, 1.54) is 31.4 Å². The molecule has 3 aromatic rings. The number of methoxy groups -OCH3 is 1. The van der Waals surface area contributed by atoms with Crippen LogP contribution in [0.5, 0.6) is 11.5 Å². The molecular formula is C21H21N3O4S. The van der Waals surface area contributed by atoms with Crippen LogP contribution in [0.1, 0.15) is 0 Å². The van der Waals surface area contributed by atoms with Gasteiger partial charge in [-0.05, 0) is 72.8 Å². The number of benzene rings is 3. The molecule has 0 amide bonds. The summed E-state index contributed by atoms with van der Waals surface area (Å²) in [6.07, 6.45) is 0. The van der Waals surface area contributed by atoms with Crippen LogP contribution in [0.3, 0.4) is 0 Å². The number of rotatable bonds is 7. The fourth-order valence-corrected chi connectivity index (χ4v) is 3.35. The van der Waals surface area contributed by atoms with Crippen molar-refractivity contribution in [3.8, 4) is 11.5 Å². The Kier molecular flexibility index (Phi) is 6.13. The van der Waals surface area contributed by atoms with Gasteiger partial charge in [-0.1, -0.05) is 0 Å². The second-order valence-electron chi connectivity index (χ2n) is 6.32. The summed E-state index contributed by atoms with van der Waals surface area (Å²) in [7, 11) is 1.51. The van der Waals surface area contributed by atoms with Crippen LogP contribution in [0.4, 0.5) is 17.1 Å². The standard InChI is InChI=1S/C21H21N3O4S/c1-24(2)18-8-4-16(5-9-18)22-23-17-6-14-21(15-7-17)29(25,26)28-20-12-10-19(27-3)11-13-20/h4-15H,1-3H3. The van der Waals surface area contributed by atoms with Gasteiger partial charge in [0.1, 0.15) is 16.4 Å². The molecule has 0 aliphatic heterocycles. The lowest BCUT2D eigenvalue weighted by Gasteiger charge is -2.11. The molecule has 0 radical (unpaired) electrons. The van der Waals surface area contributed by atoms with Crippen LogP contribution in [-0.4, -0.2) is 29.6 Å². The average Bonchev–Trinajstić information content (AvgIpc) is 2.73. The zero-order valence-corrected chi connectivity index (χ0v) is 17.1. The van der Waals surface area contributed by atoms with Gasteiger partial charge in [0.2, 0.25) is 0 Å². The highest BCUT2D eigenvalue weighted by molar-refractivity contribution is 7.87. The summed E-state index contributed by atoms with van der Waals surface area (Å²) in [4.78, 5) is 2.02. The van der Waals surface area contributed by atoms with Gasteiger partial charge in [0.05, 0.1) is 18.5 Å². The Hall–Kier alpha value is -3.39. The van der Waals surface area contributed by atoms with E-state index in [1.807, 2.05) is 43.3 Å². The number of nitrogens with zero attached hydrogens (tertiary/aromatic N) is 3. The van der Waals surface area contributed by atoms with Crippen molar-refractivity contribution >= 4 is 27.2 Å². The fraction of sp³-hybridized carbons (Fsp3) is 0.143. The maximum Gasteiger partial charge on any atom is 0.339 e. The molecule has 0 aliphatic carbocycles. The smallest absolute Gasteiger partial charge is 0.339 e. The highest BCUT2D eigenvalue weighted by Crippen LogP contribution is 2.25. The monoisotopic (exact) mass is 411 g/mol. The summed E-state index contributed by atoms with van der Waals surface area (Å²) >= 11 is 0. The van der Waals surface area contributed by atoms with E-state index in [0.717, 1.165) is 5.69 Å². The van der Waals surface area contributed by atoms with Gasteiger partial charge < -0.3 is 13.8 Å². The van der Waals surface area contributed by atoms with E-state index >= 15 is 0 Å². The Morgan fingerprint density at radius 1 is 0.724 bits per heavy atom. The molecule has 0 atom stereocenters. The Balaban J connectivity index is 1.69. The molecule has 0 aromatic heterocycles. The molecule has 3 rings (SSSR count). The molecule has 29 heavy (non-hydrogen) atoms. The first-order valence-electron chi connectivity index (χ1n) is 8.75. The van der Waals surface area contributed by atoms with Gasteiger partial charge in [0.15, 0.2) is 0 Å².